The summed E-state index contributed by atoms with van der Waals surface area (Å²) < 4.78 is 5.76. The van der Waals surface area contributed by atoms with E-state index in [0.717, 1.165) is 18.7 Å². The maximum absolute atomic E-state index is 12.7. The Balaban J connectivity index is 1.54. The summed E-state index contributed by atoms with van der Waals surface area (Å²) in [7, 11) is 2.04. The number of rotatable bonds is 2. The summed E-state index contributed by atoms with van der Waals surface area (Å²) in [6, 6.07) is 12.3. The zero-order valence-corrected chi connectivity index (χ0v) is 16.2. The van der Waals surface area contributed by atoms with E-state index < -0.39 is 0 Å². The Hall–Kier alpha value is -2.83. The van der Waals surface area contributed by atoms with Crippen molar-refractivity contribution in [3.05, 3.63) is 64.4 Å². The Labute approximate surface area is 168 Å². The second kappa shape index (κ2) is 7.66. The number of anilines is 1. The molecule has 0 atom stereocenters. The molecule has 0 spiro atoms. The number of carbonyl (C=O) groups is 2. The number of carbonyl (C=O) groups excluding carboxylic acids is 2. The van der Waals surface area contributed by atoms with Crippen LogP contribution in [0, 0.1) is 0 Å². The number of fused-ring (bicyclic) bond motifs is 1. The second-order valence-corrected chi connectivity index (χ2v) is 7.36. The number of hydrogen-bond donors (Lipinski definition) is 1. The molecular formula is C21H20ClN3O3. The van der Waals surface area contributed by atoms with Crippen LogP contribution in [0.5, 0.6) is 5.75 Å². The van der Waals surface area contributed by atoms with Crippen molar-refractivity contribution in [1.29, 1.82) is 0 Å². The summed E-state index contributed by atoms with van der Waals surface area (Å²) in [6.07, 6.45) is 1.63. The van der Waals surface area contributed by atoms with Crippen LogP contribution in [0.4, 0.5) is 5.69 Å². The molecule has 0 radical (unpaired) electrons. The van der Waals surface area contributed by atoms with E-state index in [1.165, 1.54) is 0 Å². The van der Waals surface area contributed by atoms with Crippen molar-refractivity contribution in [1.82, 2.24) is 9.80 Å². The van der Waals surface area contributed by atoms with Crippen molar-refractivity contribution >= 4 is 35.2 Å². The number of nitrogens with one attached hydrogen (secondary N) is 1. The average molecular weight is 398 g/mol. The maximum Gasteiger partial charge on any atom is 0.291 e. The van der Waals surface area contributed by atoms with E-state index in [1.54, 1.807) is 42.5 Å². The number of halogens is 1. The summed E-state index contributed by atoms with van der Waals surface area (Å²) in [5.41, 5.74) is 1.80. The first-order valence-electron chi connectivity index (χ1n) is 9.08. The van der Waals surface area contributed by atoms with Gasteiger partial charge in [-0.15, -0.1) is 0 Å². The van der Waals surface area contributed by atoms with Gasteiger partial charge in [0.15, 0.2) is 11.5 Å². The molecule has 28 heavy (non-hydrogen) atoms. The molecule has 1 N–H and O–H groups in total. The fourth-order valence-electron chi connectivity index (χ4n) is 3.23. The van der Waals surface area contributed by atoms with E-state index in [1.807, 2.05) is 18.0 Å². The smallest absolute Gasteiger partial charge is 0.291 e. The van der Waals surface area contributed by atoms with Crippen LogP contribution in [-0.2, 0) is 4.79 Å². The highest BCUT2D eigenvalue weighted by Crippen LogP contribution is 2.33. The predicted molar refractivity (Wildman–Crippen MR) is 109 cm³/mol. The normalized spacial score (nSPS) is 18.4. The summed E-state index contributed by atoms with van der Waals surface area (Å²) in [5.74, 6) is 0.276. The van der Waals surface area contributed by atoms with Gasteiger partial charge in [0.25, 0.3) is 11.8 Å². The van der Waals surface area contributed by atoms with Crippen LogP contribution in [-0.4, -0.2) is 54.8 Å². The van der Waals surface area contributed by atoms with Gasteiger partial charge in [0.1, 0.15) is 0 Å². The van der Waals surface area contributed by atoms with E-state index in [4.69, 9.17) is 16.3 Å². The average Bonchev–Trinajstić information content (AvgIpc) is 2.68. The van der Waals surface area contributed by atoms with Crippen molar-refractivity contribution in [2.24, 2.45) is 0 Å². The highest BCUT2D eigenvalue weighted by atomic mass is 35.5. The van der Waals surface area contributed by atoms with Crippen molar-refractivity contribution < 1.29 is 14.3 Å². The molecule has 2 aliphatic rings. The Morgan fingerprint density at radius 2 is 1.93 bits per heavy atom. The van der Waals surface area contributed by atoms with Crippen LogP contribution < -0.4 is 10.1 Å². The summed E-state index contributed by atoms with van der Waals surface area (Å²) in [5, 5.41) is 3.39. The lowest BCUT2D eigenvalue weighted by Gasteiger charge is -2.32. The minimum absolute atomic E-state index is 0.0367. The quantitative estimate of drug-likeness (QED) is 0.791. The second-order valence-electron chi connectivity index (χ2n) is 6.93. The first kappa shape index (κ1) is 18.5. The summed E-state index contributed by atoms with van der Waals surface area (Å²) in [6.45, 7) is 3.10. The van der Waals surface area contributed by atoms with Gasteiger partial charge in [-0.1, -0.05) is 23.7 Å². The van der Waals surface area contributed by atoms with Crippen molar-refractivity contribution in [2.45, 2.75) is 0 Å². The molecule has 144 valence electrons. The molecule has 2 aromatic carbocycles. The molecule has 2 amide bonds. The molecular weight excluding hydrogens is 378 g/mol. The lowest BCUT2D eigenvalue weighted by atomic mass is 10.1. The summed E-state index contributed by atoms with van der Waals surface area (Å²) >= 11 is 5.99. The minimum Gasteiger partial charge on any atom is -0.449 e. The number of hydrogen-bond acceptors (Lipinski definition) is 4. The number of amides is 2. The first-order chi connectivity index (χ1) is 13.5. The lowest BCUT2D eigenvalue weighted by molar-refractivity contribution is -0.115. The van der Waals surface area contributed by atoms with Crippen LogP contribution in [0.3, 0.4) is 0 Å². The topological polar surface area (TPSA) is 61.9 Å². The first-order valence-corrected chi connectivity index (χ1v) is 9.46. The van der Waals surface area contributed by atoms with E-state index in [-0.39, 0.29) is 17.6 Å². The van der Waals surface area contributed by atoms with Crippen LogP contribution in [0.2, 0.25) is 5.02 Å². The highest BCUT2D eigenvalue weighted by molar-refractivity contribution is 6.30. The number of nitrogens with zero attached hydrogens (tertiary/aromatic N) is 2. The molecule has 0 aromatic heterocycles. The van der Waals surface area contributed by atoms with Gasteiger partial charge in [0, 0.05) is 36.8 Å². The van der Waals surface area contributed by atoms with Gasteiger partial charge in [0.05, 0.1) is 5.69 Å². The van der Waals surface area contributed by atoms with Gasteiger partial charge >= 0.3 is 0 Å². The number of likely N-dealkylation sites (N-methyl/N-ethyl adjacent to an activating group) is 1. The third-order valence-corrected chi connectivity index (χ3v) is 5.09. The molecule has 2 heterocycles. The standard InChI is InChI=1S/C21H20ClN3O3/c1-24-7-9-25(10-8-24)21(27)15-5-6-18-17(13-15)23-20(26)19(28-18)12-14-3-2-4-16(22)11-14/h2-6,11-13H,7-10H2,1H3,(H,23,26)/b19-12+. The van der Waals surface area contributed by atoms with Crippen molar-refractivity contribution in [3.8, 4) is 5.75 Å². The molecule has 0 bridgehead atoms. The number of ether oxygens (including phenoxy) is 1. The largest absolute Gasteiger partial charge is 0.449 e. The van der Waals surface area contributed by atoms with E-state index in [0.29, 0.717) is 35.1 Å². The monoisotopic (exact) mass is 397 g/mol. The molecule has 0 aliphatic carbocycles. The minimum atomic E-state index is -0.364. The van der Waals surface area contributed by atoms with Crippen molar-refractivity contribution in [3.63, 3.8) is 0 Å². The molecule has 2 aliphatic heterocycles. The molecule has 6 nitrogen and oxygen atoms in total. The molecule has 2 aromatic rings. The third-order valence-electron chi connectivity index (χ3n) is 4.86. The highest BCUT2D eigenvalue weighted by Gasteiger charge is 2.25. The zero-order valence-electron chi connectivity index (χ0n) is 15.4. The van der Waals surface area contributed by atoms with Crippen LogP contribution >= 0.6 is 11.6 Å². The molecule has 1 fully saturated rings. The summed E-state index contributed by atoms with van der Waals surface area (Å²) in [4.78, 5) is 29.2. The van der Waals surface area contributed by atoms with E-state index in [2.05, 4.69) is 10.2 Å². The van der Waals surface area contributed by atoms with Crippen LogP contribution in [0.25, 0.3) is 6.08 Å². The number of benzene rings is 2. The van der Waals surface area contributed by atoms with Crippen LogP contribution in [0.15, 0.2) is 48.2 Å². The predicted octanol–water partition coefficient (Wildman–Crippen LogP) is 3.10. The van der Waals surface area contributed by atoms with Gasteiger partial charge in [-0.3, -0.25) is 9.59 Å². The lowest BCUT2D eigenvalue weighted by Crippen LogP contribution is -2.47. The van der Waals surface area contributed by atoms with Crippen LogP contribution in [0.1, 0.15) is 15.9 Å². The van der Waals surface area contributed by atoms with Gasteiger partial charge in [-0.25, -0.2) is 0 Å². The fraction of sp³-hybridized carbons (Fsp3) is 0.238. The Morgan fingerprint density at radius 3 is 2.68 bits per heavy atom. The Morgan fingerprint density at radius 1 is 1.14 bits per heavy atom. The Kier molecular flexibility index (Phi) is 5.07. The van der Waals surface area contributed by atoms with Gasteiger partial charge in [0.2, 0.25) is 0 Å². The Bertz CT molecular complexity index is 965. The molecule has 1 saturated heterocycles. The molecule has 0 unspecified atom stereocenters. The van der Waals surface area contributed by atoms with E-state index in [9.17, 15) is 9.59 Å². The number of piperazine rings is 1. The molecule has 7 heteroatoms. The maximum atomic E-state index is 12.7. The van der Waals surface area contributed by atoms with Crippen molar-refractivity contribution in [2.75, 3.05) is 38.5 Å². The van der Waals surface area contributed by atoms with Gasteiger partial charge in [-0.05, 0) is 49.0 Å². The third kappa shape index (κ3) is 3.88. The fourth-order valence-corrected chi connectivity index (χ4v) is 3.43. The van der Waals surface area contributed by atoms with E-state index >= 15 is 0 Å². The molecule has 0 saturated carbocycles. The zero-order chi connectivity index (χ0) is 19.7. The van der Waals surface area contributed by atoms with Gasteiger partial charge in [-0.2, -0.15) is 0 Å². The SMILES string of the molecule is CN1CCN(C(=O)c2ccc3c(c2)NC(=O)/C(=C\c2cccc(Cl)c2)O3)CC1. The van der Waals surface area contributed by atoms with Gasteiger partial charge < -0.3 is 19.9 Å². The molecule has 4 rings (SSSR count).